The number of para-hydroxylation sites is 1. The number of nitrogens with zero attached hydrogens (tertiary/aromatic N) is 1. The third kappa shape index (κ3) is 2.38. The SMILES string of the molecule is c1ccc(N2CCOc3cc4c(cc32)CCNCC4)cc1. The second-order valence-corrected chi connectivity index (χ2v) is 5.67. The second kappa shape index (κ2) is 5.41. The molecule has 2 heterocycles. The fraction of sp³-hybridized carbons (Fsp3) is 0.333. The van der Waals surface area contributed by atoms with E-state index in [1.165, 1.54) is 22.5 Å². The summed E-state index contributed by atoms with van der Waals surface area (Å²) in [7, 11) is 0. The molecule has 4 rings (SSSR count). The van der Waals surface area contributed by atoms with E-state index < -0.39 is 0 Å². The Morgan fingerprint density at radius 3 is 2.52 bits per heavy atom. The minimum atomic E-state index is 0.749. The Bertz CT molecular complexity index is 639. The summed E-state index contributed by atoms with van der Waals surface area (Å²) in [6.45, 7) is 3.79. The fourth-order valence-electron chi connectivity index (χ4n) is 3.26. The highest BCUT2D eigenvalue weighted by Crippen LogP contribution is 2.39. The normalized spacial score (nSPS) is 17.4. The van der Waals surface area contributed by atoms with Crippen molar-refractivity contribution >= 4 is 11.4 Å². The van der Waals surface area contributed by atoms with Crippen LogP contribution in [0.15, 0.2) is 42.5 Å². The predicted molar refractivity (Wildman–Crippen MR) is 85.7 cm³/mol. The molecule has 0 aliphatic carbocycles. The molecule has 2 aromatic carbocycles. The zero-order valence-corrected chi connectivity index (χ0v) is 12.1. The highest BCUT2D eigenvalue weighted by Gasteiger charge is 2.22. The first-order valence-corrected chi connectivity index (χ1v) is 7.74. The highest BCUT2D eigenvalue weighted by molar-refractivity contribution is 5.72. The molecule has 0 fully saturated rings. The zero-order valence-electron chi connectivity index (χ0n) is 12.1. The van der Waals surface area contributed by atoms with Crippen LogP contribution >= 0.6 is 0 Å². The van der Waals surface area contributed by atoms with Gasteiger partial charge in [0.25, 0.3) is 0 Å². The molecule has 0 spiro atoms. The van der Waals surface area contributed by atoms with Gasteiger partial charge in [-0.3, -0.25) is 0 Å². The Kier molecular flexibility index (Phi) is 3.28. The lowest BCUT2D eigenvalue weighted by atomic mass is 10.00. The standard InChI is InChI=1S/C18H20N2O/c1-2-4-16(5-3-1)20-10-11-21-18-13-15-7-9-19-8-6-14(15)12-17(18)20/h1-5,12-13,19H,6-11H2. The molecule has 3 heteroatoms. The second-order valence-electron chi connectivity index (χ2n) is 5.67. The lowest BCUT2D eigenvalue weighted by Gasteiger charge is -2.32. The molecule has 108 valence electrons. The van der Waals surface area contributed by atoms with Gasteiger partial charge in [-0.2, -0.15) is 0 Å². The van der Waals surface area contributed by atoms with Gasteiger partial charge in [0, 0.05) is 5.69 Å². The largest absolute Gasteiger partial charge is 0.490 e. The average Bonchev–Trinajstić information content (AvgIpc) is 2.78. The van der Waals surface area contributed by atoms with Crippen molar-refractivity contribution in [3.63, 3.8) is 0 Å². The number of nitrogens with one attached hydrogen (secondary N) is 1. The number of benzene rings is 2. The molecule has 2 aliphatic heterocycles. The lowest BCUT2D eigenvalue weighted by Crippen LogP contribution is -2.28. The van der Waals surface area contributed by atoms with Crippen LogP contribution in [0.5, 0.6) is 5.75 Å². The summed E-state index contributed by atoms with van der Waals surface area (Å²) in [6.07, 6.45) is 2.20. The van der Waals surface area contributed by atoms with Gasteiger partial charge in [-0.25, -0.2) is 0 Å². The van der Waals surface area contributed by atoms with Crippen molar-refractivity contribution < 1.29 is 4.74 Å². The maximum absolute atomic E-state index is 5.92. The van der Waals surface area contributed by atoms with E-state index in [4.69, 9.17) is 4.74 Å². The van der Waals surface area contributed by atoms with Crippen LogP contribution < -0.4 is 15.0 Å². The smallest absolute Gasteiger partial charge is 0.143 e. The van der Waals surface area contributed by atoms with Gasteiger partial charge in [-0.15, -0.1) is 0 Å². The monoisotopic (exact) mass is 280 g/mol. The Morgan fingerprint density at radius 1 is 0.952 bits per heavy atom. The molecule has 21 heavy (non-hydrogen) atoms. The summed E-state index contributed by atoms with van der Waals surface area (Å²) in [5, 5.41) is 3.47. The number of hydrogen-bond acceptors (Lipinski definition) is 3. The first-order valence-electron chi connectivity index (χ1n) is 7.74. The van der Waals surface area contributed by atoms with Crippen molar-refractivity contribution in [2.24, 2.45) is 0 Å². The minimum absolute atomic E-state index is 0.749. The molecule has 0 bridgehead atoms. The average molecular weight is 280 g/mol. The van der Waals surface area contributed by atoms with Crippen molar-refractivity contribution in [3.8, 4) is 5.75 Å². The highest BCUT2D eigenvalue weighted by atomic mass is 16.5. The molecule has 3 nitrogen and oxygen atoms in total. The molecule has 0 amide bonds. The minimum Gasteiger partial charge on any atom is -0.490 e. The third-order valence-electron chi connectivity index (χ3n) is 4.35. The Labute approximate surface area is 125 Å². The Hall–Kier alpha value is -2.00. The number of rotatable bonds is 1. The van der Waals surface area contributed by atoms with Gasteiger partial charge >= 0.3 is 0 Å². The molecule has 2 aliphatic rings. The van der Waals surface area contributed by atoms with Crippen LogP contribution in [0.25, 0.3) is 0 Å². The van der Waals surface area contributed by atoms with Crippen LogP contribution in [0.1, 0.15) is 11.1 Å². The number of fused-ring (bicyclic) bond motifs is 2. The first kappa shape index (κ1) is 12.7. The van der Waals surface area contributed by atoms with Gasteiger partial charge in [-0.1, -0.05) is 18.2 Å². The van der Waals surface area contributed by atoms with Crippen molar-refractivity contribution in [2.45, 2.75) is 12.8 Å². The third-order valence-corrected chi connectivity index (χ3v) is 4.35. The van der Waals surface area contributed by atoms with Crippen molar-refractivity contribution in [1.29, 1.82) is 0 Å². The molecule has 1 N–H and O–H groups in total. The van der Waals surface area contributed by atoms with Gasteiger partial charge in [0.05, 0.1) is 12.2 Å². The molecule has 0 atom stereocenters. The van der Waals surface area contributed by atoms with Crippen LogP contribution in [-0.4, -0.2) is 26.2 Å². The Balaban J connectivity index is 1.79. The summed E-state index contributed by atoms with van der Waals surface area (Å²) in [5.41, 5.74) is 5.36. The molecular weight excluding hydrogens is 260 g/mol. The number of hydrogen-bond donors (Lipinski definition) is 1. The molecule has 2 aromatic rings. The van der Waals surface area contributed by atoms with Gasteiger partial charge in [0.2, 0.25) is 0 Å². The quantitative estimate of drug-likeness (QED) is 0.869. The van der Waals surface area contributed by atoms with Crippen molar-refractivity contribution in [2.75, 3.05) is 31.1 Å². The summed E-state index contributed by atoms with van der Waals surface area (Å²) in [6, 6.07) is 15.2. The van der Waals surface area contributed by atoms with E-state index >= 15 is 0 Å². The molecular formula is C18H20N2O. The van der Waals surface area contributed by atoms with Gasteiger partial charge in [-0.05, 0) is 61.3 Å². The summed E-state index contributed by atoms with van der Waals surface area (Å²) in [5.74, 6) is 1.03. The van der Waals surface area contributed by atoms with E-state index in [2.05, 4.69) is 52.7 Å². The van der Waals surface area contributed by atoms with Crippen molar-refractivity contribution in [3.05, 3.63) is 53.6 Å². The zero-order chi connectivity index (χ0) is 14.1. The van der Waals surface area contributed by atoms with Crippen LogP contribution in [0.4, 0.5) is 11.4 Å². The molecule has 0 saturated carbocycles. The molecule has 0 radical (unpaired) electrons. The van der Waals surface area contributed by atoms with Gasteiger partial charge < -0.3 is 15.0 Å². The van der Waals surface area contributed by atoms with Crippen molar-refractivity contribution in [1.82, 2.24) is 5.32 Å². The lowest BCUT2D eigenvalue weighted by molar-refractivity contribution is 0.313. The van der Waals surface area contributed by atoms with Crippen LogP contribution in [-0.2, 0) is 12.8 Å². The number of anilines is 2. The Morgan fingerprint density at radius 2 is 1.71 bits per heavy atom. The maximum Gasteiger partial charge on any atom is 0.143 e. The summed E-state index contributed by atoms with van der Waals surface area (Å²) < 4.78 is 5.92. The summed E-state index contributed by atoms with van der Waals surface area (Å²) >= 11 is 0. The van der Waals surface area contributed by atoms with E-state index in [-0.39, 0.29) is 0 Å². The van der Waals surface area contributed by atoms with E-state index in [1.54, 1.807) is 0 Å². The van der Waals surface area contributed by atoms with Crippen LogP contribution in [0.3, 0.4) is 0 Å². The maximum atomic E-state index is 5.92. The van der Waals surface area contributed by atoms with Crippen LogP contribution in [0.2, 0.25) is 0 Å². The van der Waals surface area contributed by atoms with Gasteiger partial charge in [0.1, 0.15) is 12.4 Å². The molecule has 0 saturated heterocycles. The van der Waals surface area contributed by atoms with Gasteiger partial charge in [0.15, 0.2) is 0 Å². The topological polar surface area (TPSA) is 24.5 Å². The van der Waals surface area contributed by atoms with E-state index in [0.717, 1.165) is 44.8 Å². The molecule has 0 aromatic heterocycles. The summed E-state index contributed by atoms with van der Waals surface area (Å²) in [4.78, 5) is 2.37. The van der Waals surface area contributed by atoms with Crippen LogP contribution in [0, 0.1) is 0 Å². The predicted octanol–water partition coefficient (Wildman–Crippen LogP) is 2.91. The van der Waals surface area contributed by atoms with E-state index in [1.807, 2.05) is 0 Å². The van der Waals surface area contributed by atoms with E-state index in [0.29, 0.717) is 0 Å². The van der Waals surface area contributed by atoms with E-state index in [9.17, 15) is 0 Å². The molecule has 0 unspecified atom stereocenters. The first-order chi connectivity index (χ1) is 10.4. The fourth-order valence-corrected chi connectivity index (χ4v) is 3.26. The number of ether oxygens (including phenoxy) is 1.